The maximum absolute atomic E-state index is 5.45. The van der Waals surface area contributed by atoms with Gasteiger partial charge in [0.2, 0.25) is 0 Å². The largest absolute Gasteiger partial charge is 0.330 e. The highest BCUT2D eigenvalue weighted by Gasteiger charge is 2.16. The van der Waals surface area contributed by atoms with E-state index < -0.39 is 0 Å². The molecule has 0 bridgehead atoms. The van der Waals surface area contributed by atoms with E-state index >= 15 is 0 Å². The average Bonchev–Trinajstić information content (AvgIpc) is 2.31. The summed E-state index contributed by atoms with van der Waals surface area (Å²) in [7, 11) is 0. The van der Waals surface area contributed by atoms with Crippen LogP contribution in [0.4, 0.5) is 0 Å². The predicted octanol–water partition coefficient (Wildman–Crippen LogP) is -1.20. The summed E-state index contributed by atoms with van der Waals surface area (Å²) in [4.78, 5) is 0. The zero-order chi connectivity index (χ0) is 12.3. The van der Waals surface area contributed by atoms with Crippen LogP contribution in [0, 0.1) is 11.3 Å². The Kier molecular flexibility index (Phi) is 11.8. The molecule has 0 unspecified atom stereocenters. The van der Waals surface area contributed by atoms with Gasteiger partial charge in [-0.3, -0.25) is 0 Å². The predicted molar refractivity (Wildman–Crippen MR) is 67.2 cm³/mol. The normalized spacial score (nSPS) is 11.2. The molecule has 0 saturated carbocycles. The molecule has 5 nitrogen and oxygen atoms in total. The third kappa shape index (κ3) is 8.77. The smallest absolute Gasteiger partial charge is 0.00112 e. The molecule has 0 aromatic heterocycles. The van der Waals surface area contributed by atoms with E-state index in [0.29, 0.717) is 38.6 Å². The van der Waals surface area contributed by atoms with Crippen molar-refractivity contribution in [1.82, 2.24) is 0 Å². The summed E-state index contributed by atoms with van der Waals surface area (Å²) in [5.74, 6) is 0.319. The van der Waals surface area contributed by atoms with Crippen molar-refractivity contribution in [1.29, 1.82) is 0 Å². The minimum atomic E-state index is 0.181. The van der Waals surface area contributed by atoms with Gasteiger partial charge in [0.15, 0.2) is 0 Å². The number of hydrogen-bond acceptors (Lipinski definition) is 5. The van der Waals surface area contributed by atoms with Crippen LogP contribution in [0.5, 0.6) is 0 Å². The van der Waals surface area contributed by atoms with Gasteiger partial charge in [0.1, 0.15) is 0 Å². The van der Waals surface area contributed by atoms with Gasteiger partial charge in [-0.1, -0.05) is 13.8 Å². The third-order valence-corrected chi connectivity index (χ3v) is 2.84. The lowest BCUT2D eigenvalue weighted by Gasteiger charge is -2.23. The van der Waals surface area contributed by atoms with Crippen LogP contribution in [0.1, 0.15) is 20.3 Å². The Bertz CT molecular complexity index is 107. The van der Waals surface area contributed by atoms with E-state index in [9.17, 15) is 0 Å². The van der Waals surface area contributed by atoms with Crippen molar-refractivity contribution < 1.29 is 0 Å². The monoisotopic (exact) mass is 219 g/mol. The first kappa shape index (κ1) is 17.2. The summed E-state index contributed by atoms with van der Waals surface area (Å²) in [5.41, 5.74) is 26.8. The Balaban J connectivity index is 0. The van der Waals surface area contributed by atoms with E-state index in [1.807, 2.05) is 0 Å². The Morgan fingerprint density at radius 3 is 1.20 bits per heavy atom. The van der Waals surface area contributed by atoms with E-state index in [2.05, 4.69) is 13.8 Å². The van der Waals surface area contributed by atoms with Crippen LogP contribution in [0.15, 0.2) is 0 Å². The molecule has 0 aromatic rings. The molecule has 0 spiro atoms. The topological polar surface area (TPSA) is 130 Å². The highest BCUT2D eigenvalue weighted by atomic mass is 14.7. The molecule has 0 radical (unpaired) electrons. The highest BCUT2D eigenvalue weighted by molar-refractivity contribution is 4.73. The average molecular weight is 219 g/mol. The molecule has 0 rings (SSSR count). The molecule has 0 amide bonds. The molecular formula is C10H29N5. The SMILES string of the molecule is CCC(C)(CN)CN.NCC(CN)CN. The second-order valence-corrected chi connectivity index (χ2v) is 4.15. The fourth-order valence-corrected chi connectivity index (χ4v) is 0.661. The van der Waals surface area contributed by atoms with E-state index in [-0.39, 0.29) is 5.41 Å². The van der Waals surface area contributed by atoms with Crippen molar-refractivity contribution in [3.63, 3.8) is 0 Å². The zero-order valence-corrected chi connectivity index (χ0v) is 10.2. The van der Waals surface area contributed by atoms with Crippen LogP contribution in [0.3, 0.4) is 0 Å². The Labute approximate surface area is 93.7 Å². The van der Waals surface area contributed by atoms with Gasteiger partial charge in [-0.05, 0) is 50.5 Å². The van der Waals surface area contributed by atoms with Gasteiger partial charge in [-0.2, -0.15) is 0 Å². The lowest BCUT2D eigenvalue weighted by molar-refractivity contribution is 0.335. The van der Waals surface area contributed by atoms with E-state index in [1.165, 1.54) is 0 Å². The first-order chi connectivity index (χ1) is 7.03. The highest BCUT2D eigenvalue weighted by Crippen LogP contribution is 2.15. The second kappa shape index (κ2) is 10.3. The molecular weight excluding hydrogens is 190 g/mol. The van der Waals surface area contributed by atoms with E-state index in [4.69, 9.17) is 28.7 Å². The minimum absolute atomic E-state index is 0.181. The minimum Gasteiger partial charge on any atom is -0.330 e. The van der Waals surface area contributed by atoms with Crippen LogP contribution >= 0.6 is 0 Å². The van der Waals surface area contributed by atoms with E-state index in [0.717, 1.165) is 6.42 Å². The molecule has 0 atom stereocenters. The Morgan fingerprint density at radius 1 is 0.867 bits per heavy atom. The van der Waals surface area contributed by atoms with Crippen molar-refractivity contribution in [2.24, 2.45) is 40.0 Å². The van der Waals surface area contributed by atoms with Gasteiger partial charge in [0, 0.05) is 0 Å². The summed E-state index contributed by atoms with van der Waals surface area (Å²) in [6.45, 7) is 7.42. The fraction of sp³-hybridized carbons (Fsp3) is 1.00. The van der Waals surface area contributed by atoms with Crippen LogP contribution < -0.4 is 28.7 Å². The first-order valence-electron chi connectivity index (χ1n) is 5.53. The molecule has 0 aliphatic heterocycles. The van der Waals surface area contributed by atoms with Crippen molar-refractivity contribution in [2.75, 3.05) is 32.7 Å². The van der Waals surface area contributed by atoms with Crippen molar-refractivity contribution in [2.45, 2.75) is 20.3 Å². The van der Waals surface area contributed by atoms with Crippen molar-refractivity contribution in [3.8, 4) is 0 Å². The Hall–Kier alpha value is -0.200. The van der Waals surface area contributed by atoms with Crippen LogP contribution in [-0.4, -0.2) is 32.7 Å². The van der Waals surface area contributed by atoms with Gasteiger partial charge in [-0.25, -0.2) is 0 Å². The van der Waals surface area contributed by atoms with Crippen molar-refractivity contribution >= 4 is 0 Å². The fourth-order valence-electron chi connectivity index (χ4n) is 0.661. The molecule has 0 aromatic carbocycles. The van der Waals surface area contributed by atoms with Gasteiger partial charge in [0.05, 0.1) is 0 Å². The zero-order valence-electron chi connectivity index (χ0n) is 10.2. The summed E-state index contributed by atoms with van der Waals surface area (Å²) in [6.07, 6.45) is 1.07. The van der Waals surface area contributed by atoms with E-state index in [1.54, 1.807) is 0 Å². The third-order valence-electron chi connectivity index (χ3n) is 2.84. The molecule has 10 N–H and O–H groups in total. The molecule has 0 heterocycles. The van der Waals surface area contributed by atoms with Gasteiger partial charge >= 0.3 is 0 Å². The first-order valence-corrected chi connectivity index (χ1v) is 5.53. The van der Waals surface area contributed by atoms with Crippen LogP contribution in [0.25, 0.3) is 0 Å². The standard InChI is InChI=1S/C6H16N2.C4H13N3/c1-3-6(2,4-7)5-8;5-1-4(2-6)3-7/h3-5,7-8H2,1-2H3;4H,1-3,5-7H2. The maximum Gasteiger partial charge on any atom is -0.00112 e. The number of rotatable bonds is 6. The van der Waals surface area contributed by atoms with Gasteiger partial charge < -0.3 is 28.7 Å². The summed E-state index contributed by atoms with van der Waals surface area (Å²) < 4.78 is 0. The molecule has 0 aliphatic rings. The molecule has 94 valence electrons. The lowest BCUT2D eigenvalue weighted by atomic mass is 9.88. The summed E-state index contributed by atoms with van der Waals surface area (Å²) in [5, 5.41) is 0. The van der Waals surface area contributed by atoms with Gasteiger partial charge in [-0.15, -0.1) is 0 Å². The van der Waals surface area contributed by atoms with Gasteiger partial charge in [0.25, 0.3) is 0 Å². The number of nitrogens with two attached hydrogens (primary N) is 5. The molecule has 15 heavy (non-hydrogen) atoms. The van der Waals surface area contributed by atoms with Crippen molar-refractivity contribution in [3.05, 3.63) is 0 Å². The summed E-state index contributed by atoms with van der Waals surface area (Å²) >= 11 is 0. The Morgan fingerprint density at radius 2 is 1.20 bits per heavy atom. The van der Waals surface area contributed by atoms with Crippen LogP contribution in [-0.2, 0) is 0 Å². The quantitative estimate of drug-likeness (QED) is 0.383. The lowest BCUT2D eigenvalue weighted by Crippen LogP contribution is -2.34. The number of hydrogen-bond donors (Lipinski definition) is 5. The molecule has 5 heteroatoms. The molecule has 0 fully saturated rings. The second-order valence-electron chi connectivity index (χ2n) is 4.15. The maximum atomic E-state index is 5.45. The van der Waals surface area contributed by atoms with Crippen LogP contribution in [0.2, 0.25) is 0 Å². The molecule has 0 saturated heterocycles. The molecule has 0 aliphatic carbocycles. The summed E-state index contributed by atoms with van der Waals surface area (Å²) in [6, 6.07) is 0.